The van der Waals surface area contributed by atoms with E-state index in [1.165, 1.54) is 13.3 Å². The third-order valence-corrected chi connectivity index (χ3v) is 4.73. The molecule has 2 aromatic heterocycles. The zero-order chi connectivity index (χ0) is 19.3. The van der Waals surface area contributed by atoms with Crippen LogP contribution in [0.2, 0.25) is 0 Å². The number of ether oxygens (including phenoxy) is 1. The van der Waals surface area contributed by atoms with Crippen LogP contribution in [0, 0.1) is 0 Å². The summed E-state index contributed by atoms with van der Waals surface area (Å²) in [6, 6.07) is 8.41. The van der Waals surface area contributed by atoms with Gasteiger partial charge >= 0.3 is 10.1 Å². The van der Waals surface area contributed by atoms with E-state index in [1.54, 1.807) is 24.3 Å². The number of methoxy groups -OCH3 is 1. The van der Waals surface area contributed by atoms with Gasteiger partial charge in [-0.3, -0.25) is 0 Å². The Morgan fingerprint density at radius 2 is 1.89 bits per heavy atom. The Morgan fingerprint density at radius 3 is 2.56 bits per heavy atom. The summed E-state index contributed by atoms with van der Waals surface area (Å²) in [6.07, 6.45) is 2.37. The molecule has 0 saturated heterocycles. The van der Waals surface area contributed by atoms with Gasteiger partial charge in [-0.05, 0) is 24.3 Å². The first-order valence-corrected chi connectivity index (χ1v) is 9.71. The van der Waals surface area contributed by atoms with Crippen molar-refractivity contribution in [1.82, 2.24) is 9.97 Å². The van der Waals surface area contributed by atoms with E-state index < -0.39 is 10.1 Å². The van der Waals surface area contributed by atoms with Gasteiger partial charge in [0.25, 0.3) is 0 Å². The number of aromatic amines is 2. The smallest absolute Gasteiger partial charge is 0.306 e. The van der Waals surface area contributed by atoms with E-state index in [4.69, 9.17) is 8.92 Å². The summed E-state index contributed by atoms with van der Waals surface area (Å²) in [5.41, 5.74) is 1.87. The molecule has 0 aliphatic heterocycles. The topological polar surface area (TPSA) is 125 Å². The molecule has 4 N–H and O–H groups in total. The Labute approximate surface area is 154 Å². The second-order valence-electron chi connectivity index (χ2n) is 6.09. The van der Waals surface area contributed by atoms with E-state index in [0.717, 1.165) is 6.26 Å². The lowest BCUT2D eigenvalue weighted by Gasteiger charge is -2.12. The van der Waals surface area contributed by atoms with Gasteiger partial charge in [-0.1, -0.05) is 6.07 Å². The van der Waals surface area contributed by atoms with Gasteiger partial charge < -0.3 is 29.1 Å². The van der Waals surface area contributed by atoms with Gasteiger partial charge in [-0.2, -0.15) is 8.42 Å². The van der Waals surface area contributed by atoms with Crippen molar-refractivity contribution in [1.29, 1.82) is 0 Å². The molecule has 0 aliphatic carbocycles. The van der Waals surface area contributed by atoms with Gasteiger partial charge in [0.05, 0.1) is 24.1 Å². The molecule has 27 heavy (non-hydrogen) atoms. The molecule has 0 aliphatic rings. The Kier molecular flexibility index (Phi) is 3.70. The average molecular weight is 388 g/mol. The van der Waals surface area contributed by atoms with Gasteiger partial charge in [0.2, 0.25) is 0 Å². The lowest BCUT2D eigenvalue weighted by Crippen LogP contribution is -2.07. The first kappa shape index (κ1) is 17.1. The van der Waals surface area contributed by atoms with Crippen molar-refractivity contribution in [3.05, 3.63) is 36.5 Å². The summed E-state index contributed by atoms with van der Waals surface area (Å²) >= 11 is 0. The van der Waals surface area contributed by atoms with Crippen LogP contribution >= 0.6 is 0 Å². The van der Waals surface area contributed by atoms with Crippen molar-refractivity contribution in [3.8, 4) is 34.4 Å². The normalized spacial score (nSPS) is 11.9. The van der Waals surface area contributed by atoms with Crippen molar-refractivity contribution >= 4 is 31.8 Å². The predicted molar refractivity (Wildman–Crippen MR) is 101 cm³/mol. The van der Waals surface area contributed by atoms with Crippen LogP contribution in [0.25, 0.3) is 32.9 Å². The molecule has 0 fully saturated rings. The second-order valence-corrected chi connectivity index (χ2v) is 7.67. The highest BCUT2D eigenvalue weighted by Gasteiger charge is 2.23. The van der Waals surface area contributed by atoms with Crippen LogP contribution in [0.3, 0.4) is 0 Å². The highest BCUT2D eigenvalue weighted by atomic mass is 32.2. The molecule has 0 atom stereocenters. The molecule has 4 rings (SSSR count). The van der Waals surface area contributed by atoms with Crippen molar-refractivity contribution in [3.63, 3.8) is 0 Å². The Morgan fingerprint density at radius 1 is 1.11 bits per heavy atom. The highest BCUT2D eigenvalue weighted by Crippen LogP contribution is 2.46. The third kappa shape index (κ3) is 2.81. The summed E-state index contributed by atoms with van der Waals surface area (Å²) in [4.78, 5) is 5.85. The molecule has 0 spiro atoms. The number of phenols is 1. The minimum atomic E-state index is -3.81. The largest absolute Gasteiger partial charge is 0.507 e. The summed E-state index contributed by atoms with van der Waals surface area (Å²) < 4.78 is 33.7. The van der Waals surface area contributed by atoms with Crippen LogP contribution in [0.5, 0.6) is 23.1 Å². The minimum Gasteiger partial charge on any atom is -0.507 e. The SMILES string of the molecule is COc1cc(-c2cc3c(O)cccc3[nH]2)c2c(O)[nH]cc2c1OS(C)(=O)=O. The van der Waals surface area contributed by atoms with E-state index in [1.807, 2.05) is 6.07 Å². The molecule has 0 saturated carbocycles. The monoisotopic (exact) mass is 388 g/mol. The summed E-state index contributed by atoms with van der Waals surface area (Å²) in [5.74, 6) is 0.136. The lowest BCUT2D eigenvalue weighted by molar-refractivity contribution is 0.393. The molecule has 140 valence electrons. The molecule has 8 nitrogen and oxygen atoms in total. The van der Waals surface area contributed by atoms with E-state index in [-0.39, 0.29) is 23.1 Å². The summed E-state index contributed by atoms with van der Waals surface area (Å²) in [7, 11) is -2.42. The molecular formula is C18H16N2O6S. The first-order chi connectivity index (χ1) is 12.8. The fraction of sp³-hybridized carbons (Fsp3) is 0.111. The number of phenolic OH excluding ortho intramolecular Hbond substituents is 1. The molecule has 2 heterocycles. The molecule has 0 bridgehead atoms. The first-order valence-electron chi connectivity index (χ1n) is 7.90. The zero-order valence-electron chi connectivity index (χ0n) is 14.4. The maximum Gasteiger partial charge on any atom is 0.306 e. The predicted octanol–water partition coefficient (Wildman–Crippen LogP) is 3.07. The second kappa shape index (κ2) is 5.85. The number of H-pyrrole nitrogens is 2. The maximum absolute atomic E-state index is 11.6. The molecular weight excluding hydrogens is 372 g/mol. The van der Waals surface area contributed by atoms with Crippen LogP contribution in [-0.4, -0.2) is 42.0 Å². The van der Waals surface area contributed by atoms with Crippen LogP contribution in [-0.2, 0) is 10.1 Å². The summed E-state index contributed by atoms with van der Waals surface area (Å²) in [5, 5.41) is 21.7. The van der Waals surface area contributed by atoms with Crippen LogP contribution in [0.15, 0.2) is 36.5 Å². The average Bonchev–Trinajstić information content (AvgIpc) is 3.19. The summed E-state index contributed by atoms with van der Waals surface area (Å²) in [6.45, 7) is 0. The third-order valence-electron chi connectivity index (χ3n) is 4.26. The minimum absolute atomic E-state index is 0.0192. The lowest BCUT2D eigenvalue weighted by atomic mass is 10.0. The van der Waals surface area contributed by atoms with Crippen molar-refractivity contribution in [2.45, 2.75) is 0 Å². The fourth-order valence-electron chi connectivity index (χ4n) is 3.15. The number of fused-ring (bicyclic) bond motifs is 2. The Bertz CT molecular complexity index is 1290. The number of rotatable bonds is 4. The number of hydrogen-bond acceptors (Lipinski definition) is 6. The quantitative estimate of drug-likeness (QED) is 0.398. The van der Waals surface area contributed by atoms with Crippen molar-refractivity contribution < 1.29 is 27.6 Å². The van der Waals surface area contributed by atoms with E-state index in [2.05, 4.69) is 9.97 Å². The van der Waals surface area contributed by atoms with Gasteiger partial charge in [-0.25, -0.2) is 0 Å². The molecule has 4 aromatic rings. The fourth-order valence-corrected chi connectivity index (χ4v) is 3.63. The number of nitrogens with one attached hydrogen (secondary N) is 2. The number of aromatic nitrogens is 2. The van der Waals surface area contributed by atoms with Crippen LogP contribution in [0.1, 0.15) is 0 Å². The van der Waals surface area contributed by atoms with Gasteiger partial charge in [0, 0.05) is 28.4 Å². The molecule has 0 radical (unpaired) electrons. The number of benzene rings is 2. The molecule has 9 heteroatoms. The van der Waals surface area contributed by atoms with Crippen LogP contribution in [0.4, 0.5) is 0 Å². The van der Waals surface area contributed by atoms with E-state index in [9.17, 15) is 18.6 Å². The highest BCUT2D eigenvalue weighted by molar-refractivity contribution is 7.86. The Hall–Kier alpha value is -3.33. The number of hydrogen-bond donors (Lipinski definition) is 4. The molecule has 2 aromatic carbocycles. The number of aromatic hydroxyl groups is 2. The standard InChI is InChI=1S/C18H16N2O6S/c1-25-15-7-10(13-6-9-12(20-13)4-3-5-14(9)21)16-11(8-19-18(16)22)17(15)26-27(2,23)24/h3-8,19-22H,1-2H3. The van der Waals surface area contributed by atoms with Crippen LogP contribution < -0.4 is 8.92 Å². The Balaban J connectivity index is 2.05. The van der Waals surface area contributed by atoms with Gasteiger partial charge in [-0.15, -0.1) is 0 Å². The van der Waals surface area contributed by atoms with E-state index in [0.29, 0.717) is 32.9 Å². The molecule has 0 unspecified atom stereocenters. The zero-order valence-corrected chi connectivity index (χ0v) is 15.2. The van der Waals surface area contributed by atoms with E-state index >= 15 is 0 Å². The van der Waals surface area contributed by atoms with Crippen molar-refractivity contribution in [2.75, 3.05) is 13.4 Å². The van der Waals surface area contributed by atoms with Crippen molar-refractivity contribution in [2.24, 2.45) is 0 Å². The van der Waals surface area contributed by atoms with Gasteiger partial charge in [0.15, 0.2) is 17.4 Å². The molecule has 0 amide bonds. The van der Waals surface area contributed by atoms with Gasteiger partial charge in [0.1, 0.15) is 5.75 Å². The maximum atomic E-state index is 11.6.